The van der Waals surface area contributed by atoms with Crippen molar-refractivity contribution in [3.8, 4) is 0 Å². The number of hydrogen-bond donors (Lipinski definition) is 1. The van der Waals surface area contributed by atoms with Gasteiger partial charge >= 0.3 is 6.18 Å². The van der Waals surface area contributed by atoms with Crippen LogP contribution in [0.4, 0.5) is 13.2 Å². The van der Waals surface area contributed by atoms with E-state index in [1.807, 2.05) is 31.2 Å². The van der Waals surface area contributed by atoms with Crippen LogP contribution < -0.4 is 5.32 Å². The molecule has 0 spiro atoms. The molecule has 0 saturated heterocycles. The SMILES string of the molecule is CCc1oc2ccccc2c1/C=C/C(=O)NC(C)COCC(F)(F)F. The summed E-state index contributed by atoms with van der Waals surface area (Å²) < 4.78 is 46.3. The minimum absolute atomic E-state index is 0.214. The number of para-hydroxylation sites is 1. The third kappa shape index (κ3) is 5.63. The lowest BCUT2D eigenvalue weighted by atomic mass is 10.1. The number of alkyl halides is 3. The number of benzene rings is 1. The van der Waals surface area contributed by atoms with Crippen LogP contribution in [0.5, 0.6) is 0 Å². The molecule has 0 aliphatic carbocycles. The summed E-state index contributed by atoms with van der Waals surface area (Å²) in [4.78, 5) is 11.9. The highest BCUT2D eigenvalue weighted by Crippen LogP contribution is 2.27. The first-order valence-electron chi connectivity index (χ1n) is 7.93. The molecule has 0 aliphatic heterocycles. The number of rotatable bonds is 7. The highest BCUT2D eigenvalue weighted by Gasteiger charge is 2.27. The van der Waals surface area contributed by atoms with Crippen molar-refractivity contribution in [2.45, 2.75) is 32.5 Å². The molecule has 0 radical (unpaired) electrons. The first kappa shape index (κ1) is 19.1. The standard InChI is InChI=1S/C18H20F3NO3/c1-3-15-14(13-6-4-5-7-16(13)25-15)8-9-17(23)22-12(2)10-24-11-18(19,20)21/h4-9,12H,3,10-11H2,1-2H3,(H,22,23)/b9-8+. The fourth-order valence-corrected chi connectivity index (χ4v) is 2.40. The number of carbonyl (C=O) groups is 1. The molecule has 0 bridgehead atoms. The lowest BCUT2D eigenvalue weighted by Gasteiger charge is -2.14. The summed E-state index contributed by atoms with van der Waals surface area (Å²) in [5, 5.41) is 3.47. The van der Waals surface area contributed by atoms with Gasteiger partial charge in [-0.3, -0.25) is 4.79 Å². The zero-order chi connectivity index (χ0) is 18.4. The summed E-state index contributed by atoms with van der Waals surface area (Å²) in [5.74, 6) is 0.363. The van der Waals surface area contributed by atoms with Gasteiger partial charge in [0, 0.05) is 29.5 Å². The Balaban J connectivity index is 1.96. The third-order valence-corrected chi connectivity index (χ3v) is 3.46. The molecule has 1 heterocycles. The van der Waals surface area contributed by atoms with E-state index in [1.54, 1.807) is 13.0 Å². The molecule has 25 heavy (non-hydrogen) atoms. The van der Waals surface area contributed by atoms with Gasteiger partial charge in [0.2, 0.25) is 5.91 Å². The Morgan fingerprint density at radius 3 is 2.76 bits per heavy atom. The van der Waals surface area contributed by atoms with Crippen LogP contribution in [0.3, 0.4) is 0 Å². The summed E-state index contributed by atoms with van der Waals surface area (Å²) in [6.07, 6.45) is -0.694. The fraction of sp³-hybridized carbons (Fsp3) is 0.389. The normalized spacial score (nSPS) is 13.5. The number of hydrogen-bond acceptors (Lipinski definition) is 3. The quantitative estimate of drug-likeness (QED) is 0.761. The molecule has 1 N–H and O–H groups in total. The molecule has 1 aromatic heterocycles. The van der Waals surface area contributed by atoms with E-state index >= 15 is 0 Å². The second kappa shape index (κ2) is 8.20. The predicted molar refractivity (Wildman–Crippen MR) is 89.1 cm³/mol. The average molecular weight is 355 g/mol. The zero-order valence-electron chi connectivity index (χ0n) is 14.0. The molecule has 136 valence electrons. The molecule has 0 saturated carbocycles. The van der Waals surface area contributed by atoms with Gasteiger partial charge in [-0.2, -0.15) is 13.2 Å². The second-order valence-electron chi connectivity index (χ2n) is 5.66. The van der Waals surface area contributed by atoms with Gasteiger partial charge < -0.3 is 14.5 Å². The summed E-state index contributed by atoms with van der Waals surface area (Å²) in [7, 11) is 0. The van der Waals surface area contributed by atoms with E-state index in [-0.39, 0.29) is 6.61 Å². The molecular weight excluding hydrogens is 335 g/mol. The van der Waals surface area contributed by atoms with E-state index in [0.717, 1.165) is 22.3 Å². The third-order valence-electron chi connectivity index (χ3n) is 3.46. The lowest BCUT2D eigenvalue weighted by Crippen LogP contribution is -2.35. The molecule has 4 nitrogen and oxygen atoms in total. The minimum Gasteiger partial charge on any atom is -0.460 e. The second-order valence-corrected chi connectivity index (χ2v) is 5.66. The van der Waals surface area contributed by atoms with Crippen LogP contribution in [-0.2, 0) is 16.0 Å². The highest BCUT2D eigenvalue weighted by molar-refractivity contribution is 5.96. The molecule has 1 unspecified atom stereocenters. The van der Waals surface area contributed by atoms with E-state index in [9.17, 15) is 18.0 Å². The van der Waals surface area contributed by atoms with Crippen LogP contribution in [0.15, 0.2) is 34.8 Å². The van der Waals surface area contributed by atoms with Gasteiger partial charge in [-0.1, -0.05) is 25.1 Å². The summed E-state index contributed by atoms with van der Waals surface area (Å²) in [6.45, 7) is 1.99. The molecule has 7 heteroatoms. The van der Waals surface area contributed by atoms with Gasteiger partial charge in [0.25, 0.3) is 0 Å². The van der Waals surface area contributed by atoms with Gasteiger partial charge in [0.05, 0.1) is 6.61 Å². The van der Waals surface area contributed by atoms with Crippen molar-refractivity contribution in [1.29, 1.82) is 0 Å². The molecule has 0 aliphatic rings. The van der Waals surface area contributed by atoms with Crippen LogP contribution in [0.1, 0.15) is 25.2 Å². The van der Waals surface area contributed by atoms with Crippen LogP contribution in [-0.4, -0.2) is 31.3 Å². The number of amides is 1. The average Bonchev–Trinajstić information content (AvgIpc) is 2.89. The molecule has 1 aromatic carbocycles. The van der Waals surface area contributed by atoms with Crippen LogP contribution in [0, 0.1) is 0 Å². The van der Waals surface area contributed by atoms with Crippen molar-refractivity contribution in [3.63, 3.8) is 0 Å². The van der Waals surface area contributed by atoms with Gasteiger partial charge in [-0.05, 0) is 19.1 Å². The van der Waals surface area contributed by atoms with Gasteiger partial charge in [0.1, 0.15) is 18.0 Å². The molecule has 2 aromatic rings. The molecule has 2 rings (SSSR count). The van der Waals surface area contributed by atoms with Crippen LogP contribution >= 0.6 is 0 Å². The van der Waals surface area contributed by atoms with E-state index in [4.69, 9.17) is 4.42 Å². The van der Waals surface area contributed by atoms with Crippen molar-refractivity contribution >= 4 is 23.0 Å². The maximum absolute atomic E-state index is 12.0. The Hall–Kier alpha value is -2.28. The highest BCUT2D eigenvalue weighted by atomic mass is 19.4. The molecule has 0 fully saturated rings. The largest absolute Gasteiger partial charge is 0.460 e. The number of fused-ring (bicyclic) bond motifs is 1. The molecule has 1 amide bonds. The van der Waals surface area contributed by atoms with Crippen LogP contribution in [0.25, 0.3) is 17.0 Å². The number of carbonyl (C=O) groups excluding carboxylic acids is 1. The molecular formula is C18H20F3NO3. The Morgan fingerprint density at radius 1 is 1.36 bits per heavy atom. The maximum atomic E-state index is 12.0. The van der Waals surface area contributed by atoms with E-state index in [1.165, 1.54) is 6.08 Å². The Morgan fingerprint density at radius 2 is 2.08 bits per heavy atom. The van der Waals surface area contributed by atoms with Gasteiger partial charge in [-0.25, -0.2) is 0 Å². The molecule has 1 atom stereocenters. The first-order chi connectivity index (χ1) is 11.8. The number of nitrogens with one attached hydrogen (secondary N) is 1. The zero-order valence-corrected chi connectivity index (χ0v) is 14.0. The van der Waals surface area contributed by atoms with Crippen molar-refractivity contribution in [2.75, 3.05) is 13.2 Å². The minimum atomic E-state index is -4.37. The number of aryl methyl sites for hydroxylation is 1. The number of ether oxygens (including phenoxy) is 1. The van der Waals surface area contributed by atoms with Crippen molar-refractivity contribution in [3.05, 3.63) is 41.7 Å². The smallest absolute Gasteiger partial charge is 0.411 e. The van der Waals surface area contributed by atoms with E-state index in [2.05, 4.69) is 10.1 Å². The summed E-state index contributed by atoms with van der Waals surface area (Å²) in [5.41, 5.74) is 1.57. The summed E-state index contributed by atoms with van der Waals surface area (Å²) >= 11 is 0. The van der Waals surface area contributed by atoms with Crippen LogP contribution in [0.2, 0.25) is 0 Å². The van der Waals surface area contributed by atoms with Gasteiger partial charge in [-0.15, -0.1) is 0 Å². The van der Waals surface area contributed by atoms with E-state index in [0.29, 0.717) is 6.42 Å². The fourth-order valence-electron chi connectivity index (χ4n) is 2.40. The Labute approximate surface area is 143 Å². The van der Waals surface area contributed by atoms with Crippen molar-refractivity contribution < 1.29 is 27.1 Å². The Kier molecular flexibility index (Phi) is 6.25. The lowest BCUT2D eigenvalue weighted by molar-refractivity contribution is -0.175. The number of halogens is 3. The predicted octanol–water partition coefficient (Wildman–Crippen LogP) is 4.09. The summed E-state index contributed by atoms with van der Waals surface area (Å²) in [6, 6.07) is 6.98. The number of furan rings is 1. The van der Waals surface area contributed by atoms with Crippen molar-refractivity contribution in [1.82, 2.24) is 5.32 Å². The monoisotopic (exact) mass is 355 g/mol. The van der Waals surface area contributed by atoms with E-state index < -0.39 is 24.7 Å². The Bertz CT molecular complexity index is 750. The first-order valence-corrected chi connectivity index (χ1v) is 7.93. The van der Waals surface area contributed by atoms with Crippen molar-refractivity contribution in [2.24, 2.45) is 0 Å². The van der Waals surface area contributed by atoms with Gasteiger partial charge in [0.15, 0.2) is 0 Å². The topological polar surface area (TPSA) is 51.5 Å². The maximum Gasteiger partial charge on any atom is 0.411 e.